The van der Waals surface area contributed by atoms with Crippen LogP contribution in [0.3, 0.4) is 0 Å². The molecule has 17 heavy (non-hydrogen) atoms. The first-order valence-corrected chi connectivity index (χ1v) is 5.42. The van der Waals surface area contributed by atoms with Gasteiger partial charge in [0.25, 0.3) is 5.56 Å². The summed E-state index contributed by atoms with van der Waals surface area (Å²) in [6.45, 7) is 2.69. The van der Waals surface area contributed by atoms with Crippen LogP contribution in [0.1, 0.15) is 13.3 Å². The van der Waals surface area contributed by atoms with Crippen molar-refractivity contribution in [3.05, 3.63) is 41.2 Å². The molecule has 0 amide bonds. The fourth-order valence-corrected chi connectivity index (χ4v) is 1.39. The molecule has 2 rings (SSSR count). The van der Waals surface area contributed by atoms with Gasteiger partial charge in [-0.15, -0.1) is 0 Å². The van der Waals surface area contributed by atoms with Crippen LogP contribution < -0.4 is 10.3 Å². The van der Waals surface area contributed by atoms with E-state index < -0.39 is 0 Å². The number of aromatic nitrogens is 3. The molecule has 2 aromatic heterocycles. The van der Waals surface area contributed by atoms with Gasteiger partial charge in [0.2, 0.25) is 0 Å². The quantitative estimate of drug-likeness (QED) is 0.868. The maximum atomic E-state index is 11.2. The highest BCUT2D eigenvalue weighted by Crippen LogP contribution is 2.19. The van der Waals surface area contributed by atoms with Gasteiger partial charge >= 0.3 is 0 Å². The van der Waals surface area contributed by atoms with Gasteiger partial charge in [0, 0.05) is 11.8 Å². The van der Waals surface area contributed by atoms with Crippen LogP contribution in [0.4, 0.5) is 0 Å². The highest BCUT2D eigenvalue weighted by molar-refractivity contribution is 5.58. The van der Waals surface area contributed by atoms with Gasteiger partial charge < -0.3 is 9.72 Å². The minimum atomic E-state index is -0.234. The predicted octanol–water partition coefficient (Wildman–Crippen LogP) is 1.62. The van der Waals surface area contributed by atoms with E-state index >= 15 is 0 Å². The molecule has 0 aliphatic carbocycles. The minimum absolute atomic E-state index is 0.234. The van der Waals surface area contributed by atoms with Crippen molar-refractivity contribution in [2.75, 3.05) is 6.61 Å². The Balaban J connectivity index is 2.29. The highest BCUT2D eigenvalue weighted by Gasteiger charge is 2.02. The van der Waals surface area contributed by atoms with Crippen molar-refractivity contribution in [2.45, 2.75) is 13.3 Å². The molecule has 0 atom stereocenters. The number of aromatic amines is 1. The number of ether oxygens (including phenoxy) is 1. The minimum Gasteiger partial charge on any atom is -0.492 e. The van der Waals surface area contributed by atoms with Crippen molar-refractivity contribution in [3.8, 4) is 17.0 Å². The van der Waals surface area contributed by atoms with Crippen molar-refractivity contribution < 1.29 is 4.74 Å². The maximum absolute atomic E-state index is 11.2. The Morgan fingerprint density at radius 3 is 2.82 bits per heavy atom. The summed E-state index contributed by atoms with van der Waals surface area (Å²) in [5.74, 6) is 0.689. The molecule has 0 radical (unpaired) electrons. The lowest BCUT2D eigenvalue weighted by molar-refractivity contribution is 0.316. The molecule has 0 saturated carbocycles. The van der Waals surface area contributed by atoms with Crippen LogP contribution in [-0.2, 0) is 0 Å². The summed E-state index contributed by atoms with van der Waals surface area (Å²) in [6.07, 6.45) is 7.06. The van der Waals surface area contributed by atoms with Gasteiger partial charge in [0.1, 0.15) is 5.75 Å². The van der Waals surface area contributed by atoms with E-state index in [2.05, 4.69) is 15.0 Å². The van der Waals surface area contributed by atoms with E-state index in [1.807, 2.05) is 13.0 Å². The van der Waals surface area contributed by atoms with Crippen LogP contribution in [0.5, 0.6) is 5.75 Å². The van der Waals surface area contributed by atoms with Gasteiger partial charge in [0.15, 0.2) is 0 Å². The van der Waals surface area contributed by atoms with Gasteiger partial charge in [-0.05, 0) is 12.5 Å². The average Bonchev–Trinajstić information content (AvgIpc) is 2.37. The topological polar surface area (TPSA) is 67.9 Å². The highest BCUT2D eigenvalue weighted by atomic mass is 16.5. The second-order valence-corrected chi connectivity index (χ2v) is 3.57. The largest absolute Gasteiger partial charge is 0.492 e. The number of nitrogens with zero attached hydrogens (tertiary/aromatic N) is 2. The summed E-state index contributed by atoms with van der Waals surface area (Å²) < 4.78 is 5.47. The molecular formula is C12H13N3O2. The van der Waals surface area contributed by atoms with Gasteiger partial charge in [-0.3, -0.25) is 14.8 Å². The smallest absolute Gasteiger partial charge is 0.266 e. The summed E-state index contributed by atoms with van der Waals surface area (Å²) in [5.41, 5.74) is 1.18. The summed E-state index contributed by atoms with van der Waals surface area (Å²) in [6, 6.07) is 1.83. The van der Waals surface area contributed by atoms with E-state index in [-0.39, 0.29) is 5.56 Å². The molecule has 5 heteroatoms. The van der Waals surface area contributed by atoms with Crippen LogP contribution >= 0.6 is 0 Å². The summed E-state index contributed by atoms with van der Waals surface area (Å²) in [4.78, 5) is 21.8. The van der Waals surface area contributed by atoms with Crippen LogP contribution in [0.25, 0.3) is 11.3 Å². The molecule has 2 aromatic rings. The predicted molar refractivity (Wildman–Crippen MR) is 63.9 cm³/mol. The SMILES string of the molecule is CCCOc1cncc(-c2cncc(=O)[nH]2)c1. The molecule has 0 aliphatic heterocycles. The lowest BCUT2D eigenvalue weighted by atomic mass is 10.2. The Kier molecular flexibility index (Phi) is 3.49. The van der Waals surface area contributed by atoms with Crippen molar-refractivity contribution in [3.63, 3.8) is 0 Å². The molecule has 0 spiro atoms. The molecule has 0 aromatic carbocycles. The third kappa shape index (κ3) is 2.90. The molecule has 88 valence electrons. The number of rotatable bonds is 4. The van der Waals surface area contributed by atoms with E-state index in [1.165, 1.54) is 6.20 Å². The fourth-order valence-electron chi connectivity index (χ4n) is 1.39. The van der Waals surface area contributed by atoms with Crippen LogP contribution in [0.2, 0.25) is 0 Å². The standard InChI is InChI=1S/C12H13N3O2/c1-2-3-17-10-4-9(5-13-6-10)11-7-14-8-12(16)15-11/h4-8H,2-3H2,1H3,(H,15,16). The third-order valence-corrected chi connectivity index (χ3v) is 2.15. The Bertz CT molecular complexity index is 551. The van der Waals surface area contributed by atoms with E-state index in [0.29, 0.717) is 18.1 Å². The molecule has 2 heterocycles. The number of nitrogens with one attached hydrogen (secondary N) is 1. The lowest BCUT2D eigenvalue weighted by Gasteiger charge is -2.05. The number of pyridine rings is 1. The first-order valence-electron chi connectivity index (χ1n) is 5.42. The molecular weight excluding hydrogens is 218 g/mol. The van der Waals surface area contributed by atoms with Gasteiger partial charge in [-0.25, -0.2) is 0 Å². The molecule has 1 N–H and O–H groups in total. The zero-order chi connectivity index (χ0) is 12.1. The Morgan fingerprint density at radius 2 is 2.06 bits per heavy atom. The van der Waals surface area contributed by atoms with Crippen molar-refractivity contribution >= 4 is 0 Å². The lowest BCUT2D eigenvalue weighted by Crippen LogP contribution is -2.06. The second kappa shape index (κ2) is 5.25. The number of hydrogen-bond donors (Lipinski definition) is 1. The number of H-pyrrole nitrogens is 1. The van der Waals surface area contributed by atoms with Crippen molar-refractivity contribution in [2.24, 2.45) is 0 Å². The van der Waals surface area contributed by atoms with E-state index in [1.54, 1.807) is 18.6 Å². The van der Waals surface area contributed by atoms with Gasteiger partial charge in [0.05, 0.1) is 30.9 Å². The van der Waals surface area contributed by atoms with Gasteiger partial charge in [-0.2, -0.15) is 0 Å². The van der Waals surface area contributed by atoms with Crippen LogP contribution in [0.15, 0.2) is 35.6 Å². The second-order valence-electron chi connectivity index (χ2n) is 3.57. The number of hydrogen-bond acceptors (Lipinski definition) is 4. The first-order chi connectivity index (χ1) is 8.29. The molecule has 0 fully saturated rings. The first kappa shape index (κ1) is 11.3. The average molecular weight is 231 g/mol. The summed E-state index contributed by atoms with van der Waals surface area (Å²) in [5, 5.41) is 0. The maximum Gasteiger partial charge on any atom is 0.266 e. The van der Waals surface area contributed by atoms with Gasteiger partial charge in [-0.1, -0.05) is 6.92 Å². The molecule has 0 saturated heterocycles. The Labute approximate surface area is 98.5 Å². The zero-order valence-electron chi connectivity index (χ0n) is 9.51. The van der Waals surface area contributed by atoms with E-state index in [0.717, 1.165) is 12.0 Å². The fraction of sp³-hybridized carbons (Fsp3) is 0.250. The van der Waals surface area contributed by atoms with Crippen molar-refractivity contribution in [1.82, 2.24) is 15.0 Å². The summed E-state index contributed by atoms with van der Waals surface area (Å²) >= 11 is 0. The molecule has 0 aliphatic rings. The Morgan fingerprint density at radius 1 is 1.24 bits per heavy atom. The van der Waals surface area contributed by atoms with E-state index in [4.69, 9.17) is 4.74 Å². The Hall–Kier alpha value is -2.17. The summed E-state index contributed by atoms with van der Waals surface area (Å²) in [7, 11) is 0. The normalized spacial score (nSPS) is 10.2. The van der Waals surface area contributed by atoms with Crippen molar-refractivity contribution in [1.29, 1.82) is 0 Å². The monoisotopic (exact) mass is 231 g/mol. The third-order valence-electron chi connectivity index (χ3n) is 2.15. The molecule has 0 bridgehead atoms. The zero-order valence-corrected chi connectivity index (χ0v) is 9.51. The van der Waals surface area contributed by atoms with Crippen LogP contribution in [-0.4, -0.2) is 21.6 Å². The molecule has 5 nitrogen and oxygen atoms in total. The van der Waals surface area contributed by atoms with E-state index in [9.17, 15) is 4.79 Å². The molecule has 0 unspecified atom stereocenters. The van der Waals surface area contributed by atoms with Crippen LogP contribution in [0, 0.1) is 0 Å².